The molecule has 2 atom stereocenters. The number of carbonyl (C=O) groups excluding carboxylic acids is 1. The van der Waals surface area contributed by atoms with Crippen molar-refractivity contribution in [3.05, 3.63) is 117 Å². The lowest BCUT2D eigenvalue weighted by molar-refractivity contribution is -0.137. The van der Waals surface area contributed by atoms with Gasteiger partial charge < -0.3 is 14.8 Å². The highest BCUT2D eigenvalue weighted by molar-refractivity contribution is 7.92. The molecule has 0 spiro atoms. The number of amides is 1. The first-order valence-electron chi connectivity index (χ1n) is 13.5. The molecule has 12 heteroatoms. The molecular formula is C32H22ClF3N2O5S. The Labute approximate surface area is 255 Å². The second-order valence-corrected chi connectivity index (χ2v) is 12.8. The molecule has 0 saturated carbocycles. The Balaban J connectivity index is 1.23. The van der Waals surface area contributed by atoms with Crippen LogP contribution in [-0.4, -0.2) is 21.1 Å². The lowest BCUT2D eigenvalue weighted by Gasteiger charge is -2.23. The summed E-state index contributed by atoms with van der Waals surface area (Å²) in [7, 11) is -4.21. The van der Waals surface area contributed by atoms with Crippen LogP contribution in [0.1, 0.15) is 39.7 Å². The van der Waals surface area contributed by atoms with Crippen LogP contribution in [0.4, 0.5) is 24.5 Å². The van der Waals surface area contributed by atoms with Crippen molar-refractivity contribution < 1.29 is 35.9 Å². The predicted molar refractivity (Wildman–Crippen MR) is 159 cm³/mol. The Bertz CT molecular complexity index is 1980. The Morgan fingerprint density at radius 1 is 0.909 bits per heavy atom. The number of allylic oxidation sites excluding steroid dienone is 1. The Morgan fingerprint density at radius 3 is 2.39 bits per heavy atom. The van der Waals surface area contributed by atoms with E-state index in [0.717, 1.165) is 46.5 Å². The predicted octanol–water partition coefficient (Wildman–Crippen LogP) is 7.35. The smallest absolute Gasteiger partial charge is 0.416 e. The van der Waals surface area contributed by atoms with E-state index in [9.17, 15) is 26.4 Å². The van der Waals surface area contributed by atoms with Crippen molar-refractivity contribution >= 4 is 45.0 Å². The number of halogens is 4. The first kappa shape index (κ1) is 28.3. The van der Waals surface area contributed by atoms with Gasteiger partial charge in [0.15, 0.2) is 11.5 Å². The van der Waals surface area contributed by atoms with Gasteiger partial charge in [-0.1, -0.05) is 47.5 Å². The fourth-order valence-electron chi connectivity index (χ4n) is 5.99. The van der Waals surface area contributed by atoms with Gasteiger partial charge in [-0.2, -0.15) is 13.2 Å². The molecule has 0 saturated heterocycles. The quantitative estimate of drug-likeness (QED) is 0.230. The molecule has 2 aliphatic heterocycles. The van der Waals surface area contributed by atoms with Crippen molar-refractivity contribution in [2.24, 2.45) is 0 Å². The molecule has 0 fully saturated rings. The lowest BCUT2D eigenvalue weighted by atomic mass is 9.78. The molecule has 2 N–H and O–H groups in total. The van der Waals surface area contributed by atoms with Gasteiger partial charge in [0.1, 0.15) is 0 Å². The fourth-order valence-corrected chi connectivity index (χ4v) is 7.30. The minimum absolute atomic E-state index is 0.0280. The van der Waals surface area contributed by atoms with Crippen molar-refractivity contribution in [3.63, 3.8) is 0 Å². The second kappa shape index (κ2) is 10.3. The van der Waals surface area contributed by atoms with E-state index in [0.29, 0.717) is 34.2 Å². The third-order valence-electron chi connectivity index (χ3n) is 8.01. The van der Waals surface area contributed by atoms with Gasteiger partial charge in [-0.15, -0.1) is 0 Å². The molecule has 44 heavy (non-hydrogen) atoms. The Hall–Kier alpha value is -4.48. The van der Waals surface area contributed by atoms with Gasteiger partial charge in [0.05, 0.1) is 16.4 Å². The highest BCUT2D eigenvalue weighted by Gasteiger charge is 2.43. The van der Waals surface area contributed by atoms with Crippen LogP contribution in [0.3, 0.4) is 0 Å². The third-order valence-corrected chi connectivity index (χ3v) is 9.74. The maximum atomic E-state index is 13.6. The van der Waals surface area contributed by atoms with E-state index in [2.05, 4.69) is 10.0 Å². The third kappa shape index (κ3) is 4.95. The average Bonchev–Trinajstić information content (AvgIpc) is 3.66. The zero-order chi connectivity index (χ0) is 30.8. The van der Waals surface area contributed by atoms with Gasteiger partial charge in [-0.05, 0) is 77.2 Å². The van der Waals surface area contributed by atoms with E-state index < -0.39 is 33.6 Å². The number of sulfonamides is 1. The highest BCUT2D eigenvalue weighted by Crippen LogP contribution is 2.51. The number of rotatable bonds is 6. The normalized spacial score (nSPS) is 18.5. The first-order chi connectivity index (χ1) is 21.0. The largest absolute Gasteiger partial charge is 0.454 e. The SMILES string of the molecule is O=C1Nc2ccc(S(=O)(=O)Nc3ccc(C(F)(F)F)cc3)cc2C1C1C(Cc2cc3c(cc2Cl)OCO3)=Cc2ccccc21. The van der Waals surface area contributed by atoms with Gasteiger partial charge in [0.2, 0.25) is 12.7 Å². The number of hydrogen-bond acceptors (Lipinski definition) is 5. The fraction of sp³-hybridized carbons (Fsp3) is 0.156. The van der Waals surface area contributed by atoms with E-state index in [1.54, 1.807) is 6.07 Å². The molecule has 0 aromatic heterocycles. The minimum Gasteiger partial charge on any atom is -0.454 e. The summed E-state index contributed by atoms with van der Waals surface area (Å²) >= 11 is 6.61. The molecule has 4 aromatic rings. The van der Waals surface area contributed by atoms with Crippen LogP contribution in [0, 0.1) is 0 Å². The summed E-state index contributed by atoms with van der Waals surface area (Å²) in [5.41, 5.74) is 3.62. The Kier molecular flexibility index (Phi) is 6.63. The van der Waals surface area contributed by atoms with Gasteiger partial charge in [-0.25, -0.2) is 8.42 Å². The molecule has 0 radical (unpaired) electrons. The number of ether oxygens (including phenoxy) is 2. The summed E-state index contributed by atoms with van der Waals surface area (Å²) in [6.07, 6.45) is -2.12. The first-order valence-corrected chi connectivity index (χ1v) is 15.4. The Morgan fingerprint density at radius 2 is 1.64 bits per heavy atom. The van der Waals surface area contributed by atoms with Gasteiger partial charge in [0.25, 0.3) is 10.0 Å². The van der Waals surface area contributed by atoms with Crippen LogP contribution in [0.5, 0.6) is 11.5 Å². The van der Waals surface area contributed by atoms with E-state index in [-0.39, 0.29) is 23.3 Å². The van der Waals surface area contributed by atoms with Crippen LogP contribution in [0.15, 0.2) is 89.3 Å². The maximum Gasteiger partial charge on any atom is 0.416 e. The van der Waals surface area contributed by atoms with Crippen molar-refractivity contribution in [2.45, 2.75) is 29.3 Å². The molecule has 2 heterocycles. The minimum atomic E-state index is -4.55. The van der Waals surface area contributed by atoms with E-state index in [1.807, 2.05) is 36.4 Å². The standard InChI is InChI=1S/C32H22ClF3N2O5S/c33-25-15-28-27(42-16-43-28)13-18(25)12-19-11-17-3-1-2-4-23(17)29(19)30-24-14-22(9-10-26(24)37-31(30)39)44(40,41)38-21-7-5-20(6-8-21)32(34,35)36/h1-11,13-15,29-30,38H,12,16H2,(H,37,39). The molecule has 7 nitrogen and oxygen atoms in total. The lowest BCUT2D eigenvalue weighted by Crippen LogP contribution is -2.21. The van der Waals surface area contributed by atoms with Gasteiger partial charge >= 0.3 is 6.18 Å². The zero-order valence-electron chi connectivity index (χ0n) is 22.6. The van der Waals surface area contributed by atoms with Crippen molar-refractivity contribution in [1.29, 1.82) is 0 Å². The monoisotopic (exact) mass is 638 g/mol. The molecule has 7 rings (SSSR count). The van der Waals surface area contributed by atoms with Gasteiger partial charge in [-0.3, -0.25) is 9.52 Å². The topological polar surface area (TPSA) is 93.7 Å². The summed E-state index contributed by atoms with van der Waals surface area (Å²) in [5, 5.41) is 3.37. The summed E-state index contributed by atoms with van der Waals surface area (Å²) in [4.78, 5) is 13.4. The number of fused-ring (bicyclic) bond motifs is 3. The molecular weight excluding hydrogens is 617 g/mol. The number of nitrogens with one attached hydrogen (secondary N) is 2. The molecule has 0 bridgehead atoms. The number of benzene rings is 4. The van der Waals surface area contributed by atoms with E-state index in [1.165, 1.54) is 18.2 Å². The van der Waals surface area contributed by atoms with Crippen LogP contribution in [0.25, 0.3) is 6.08 Å². The van der Waals surface area contributed by atoms with Crippen molar-refractivity contribution in [2.75, 3.05) is 16.8 Å². The highest BCUT2D eigenvalue weighted by atomic mass is 35.5. The number of anilines is 2. The molecule has 224 valence electrons. The average molecular weight is 639 g/mol. The van der Waals surface area contributed by atoms with Crippen molar-refractivity contribution in [3.8, 4) is 11.5 Å². The van der Waals surface area contributed by atoms with E-state index in [4.69, 9.17) is 21.1 Å². The van der Waals surface area contributed by atoms with Crippen LogP contribution >= 0.6 is 11.6 Å². The van der Waals surface area contributed by atoms with Crippen LogP contribution in [0.2, 0.25) is 5.02 Å². The summed E-state index contributed by atoms with van der Waals surface area (Å²) in [6, 6.07) is 19.2. The summed E-state index contributed by atoms with van der Waals surface area (Å²) < 4.78 is 78.9. The summed E-state index contributed by atoms with van der Waals surface area (Å²) in [6.45, 7) is 0.101. The number of carbonyl (C=O) groups is 1. The summed E-state index contributed by atoms with van der Waals surface area (Å²) in [5.74, 6) is -0.323. The van der Waals surface area contributed by atoms with Crippen LogP contribution in [-0.2, 0) is 27.4 Å². The van der Waals surface area contributed by atoms with Crippen LogP contribution < -0.4 is 19.5 Å². The zero-order valence-corrected chi connectivity index (χ0v) is 24.2. The molecule has 1 aliphatic carbocycles. The second-order valence-electron chi connectivity index (χ2n) is 10.7. The maximum absolute atomic E-state index is 13.6. The van der Waals surface area contributed by atoms with E-state index >= 15 is 0 Å². The molecule has 1 amide bonds. The van der Waals surface area contributed by atoms with Gasteiger partial charge in [0, 0.05) is 28.4 Å². The number of hydrogen-bond donors (Lipinski definition) is 2. The molecule has 2 unspecified atom stereocenters. The number of alkyl halides is 3. The molecule has 3 aliphatic rings. The molecule has 4 aromatic carbocycles. The van der Waals surface area contributed by atoms with Crippen molar-refractivity contribution in [1.82, 2.24) is 0 Å².